The summed E-state index contributed by atoms with van der Waals surface area (Å²) in [6.07, 6.45) is -2.23. The minimum absolute atomic E-state index is 0.0219. The molecule has 0 radical (unpaired) electrons. The topological polar surface area (TPSA) is 54.0 Å². The standard InChI is InChI=1S/C19H22F3N3O/c1-2-16(14-7-4-3-5-8-14)18(26)24-12-6-11-23-17-10-9-15(13-25-17)19(20,21)22/h3-5,7-10,13,16H,2,6,11-12H2,1H3,(H,23,25)(H,24,26)/t16-/m1/s1. The third kappa shape index (κ3) is 5.75. The number of nitrogens with one attached hydrogen (secondary N) is 2. The molecule has 1 aromatic carbocycles. The van der Waals surface area contributed by atoms with Crippen molar-refractivity contribution in [3.8, 4) is 0 Å². The van der Waals surface area contributed by atoms with Crippen molar-refractivity contribution in [1.82, 2.24) is 10.3 Å². The van der Waals surface area contributed by atoms with Gasteiger partial charge in [0.2, 0.25) is 5.91 Å². The molecular weight excluding hydrogens is 343 g/mol. The lowest BCUT2D eigenvalue weighted by Crippen LogP contribution is -2.30. The summed E-state index contributed by atoms with van der Waals surface area (Å²) >= 11 is 0. The van der Waals surface area contributed by atoms with Gasteiger partial charge in [-0.3, -0.25) is 4.79 Å². The van der Waals surface area contributed by atoms with Gasteiger partial charge in [0.15, 0.2) is 0 Å². The summed E-state index contributed by atoms with van der Waals surface area (Å²) in [6, 6.07) is 11.9. The molecule has 26 heavy (non-hydrogen) atoms. The predicted molar refractivity (Wildman–Crippen MR) is 94.8 cm³/mol. The quantitative estimate of drug-likeness (QED) is 0.689. The zero-order valence-corrected chi connectivity index (χ0v) is 14.5. The first-order valence-corrected chi connectivity index (χ1v) is 8.51. The number of anilines is 1. The van der Waals surface area contributed by atoms with Gasteiger partial charge in [0.25, 0.3) is 0 Å². The van der Waals surface area contributed by atoms with Crippen LogP contribution in [0.1, 0.15) is 36.8 Å². The molecule has 1 heterocycles. The van der Waals surface area contributed by atoms with Gasteiger partial charge in [0.05, 0.1) is 11.5 Å². The Morgan fingerprint density at radius 2 is 1.85 bits per heavy atom. The molecule has 2 N–H and O–H groups in total. The van der Waals surface area contributed by atoms with Gasteiger partial charge in [-0.1, -0.05) is 37.3 Å². The van der Waals surface area contributed by atoms with Crippen molar-refractivity contribution in [2.75, 3.05) is 18.4 Å². The maximum absolute atomic E-state index is 12.5. The van der Waals surface area contributed by atoms with Crippen LogP contribution in [0.25, 0.3) is 0 Å². The molecule has 2 aromatic rings. The van der Waals surface area contributed by atoms with E-state index in [1.165, 1.54) is 6.07 Å². The van der Waals surface area contributed by atoms with Crippen LogP contribution in [0.2, 0.25) is 0 Å². The summed E-state index contributed by atoms with van der Waals surface area (Å²) in [5.74, 6) is 0.173. The summed E-state index contributed by atoms with van der Waals surface area (Å²) in [5.41, 5.74) is 0.210. The van der Waals surface area contributed by atoms with Crippen molar-refractivity contribution < 1.29 is 18.0 Å². The number of hydrogen-bond donors (Lipinski definition) is 2. The van der Waals surface area contributed by atoms with Crippen molar-refractivity contribution in [3.05, 3.63) is 59.8 Å². The van der Waals surface area contributed by atoms with E-state index in [2.05, 4.69) is 15.6 Å². The molecule has 0 aliphatic rings. The number of hydrogen-bond acceptors (Lipinski definition) is 3. The summed E-state index contributed by atoms with van der Waals surface area (Å²) in [5, 5.41) is 5.84. The maximum atomic E-state index is 12.5. The lowest BCUT2D eigenvalue weighted by atomic mass is 9.96. The first-order chi connectivity index (χ1) is 12.4. The number of rotatable bonds is 8. The number of benzene rings is 1. The van der Waals surface area contributed by atoms with E-state index in [-0.39, 0.29) is 11.8 Å². The molecule has 0 aliphatic carbocycles. The summed E-state index contributed by atoms with van der Waals surface area (Å²) < 4.78 is 37.4. The van der Waals surface area contributed by atoms with E-state index < -0.39 is 11.7 Å². The largest absolute Gasteiger partial charge is 0.417 e. The van der Waals surface area contributed by atoms with Gasteiger partial charge >= 0.3 is 6.18 Å². The molecule has 4 nitrogen and oxygen atoms in total. The van der Waals surface area contributed by atoms with Gasteiger partial charge in [-0.15, -0.1) is 0 Å². The van der Waals surface area contributed by atoms with E-state index in [1.807, 2.05) is 37.3 Å². The zero-order valence-electron chi connectivity index (χ0n) is 14.5. The van der Waals surface area contributed by atoms with E-state index in [9.17, 15) is 18.0 Å². The minimum Gasteiger partial charge on any atom is -0.370 e. The van der Waals surface area contributed by atoms with Crippen LogP contribution in [0, 0.1) is 0 Å². The van der Waals surface area contributed by atoms with Crippen LogP contribution in [0.15, 0.2) is 48.7 Å². The second-order valence-corrected chi connectivity index (χ2v) is 5.87. The number of aromatic nitrogens is 1. The van der Waals surface area contributed by atoms with Crippen LogP contribution in [0.3, 0.4) is 0 Å². The van der Waals surface area contributed by atoms with Gasteiger partial charge in [0.1, 0.15) is 5.82 Å². The Morgan fingerprint density at radius 1 is 1.12 bits per heavy atom. The fourth-order valence-corrected chi connectivity index (χ4v) is 2.56. The van der Waals surface area contributed by atoms with Crippen molar-refractivity contribution in [2.45, 2.75) is 31.9 Å². The van der Waals surface area contributed by atoms with Crippen molar-refractivity contribution in [3.63, 3.8) is 0 Å². The highest BCUT2D eigenvalue weighted by Crippen LogP contribution is 2.28. The van der Waals surface area contributed by atoms with Crippen LogP contribution in [0.5, 0.6) is 0 Å². The SMILES string of the molecule is CC[C@@H](C(=O)NCCCNc1ccc(C(F)(F)F)cn1)c1ccccc1. The van der Waals surface area contributed by atoms with Gasteiger partial charge in [0, 0.05) is 19.3 Å². The normalized spacial score (nSPS) is 12.5. The summed E-state index contributed by atoms with van der Waals surface area (Å²) in [4.78, 5) is 16.0. The number of carbonyl (C=O) groups is 1. The number of pyridine rings is 1. The Balaban J connectivity index is 1.72. The Bertz CT molecular complexity index is 687. The minimum atomic E-state index is -4.38. The average Bonchev–Trinajstić information content (AvgIpc) is 2.62. The highest BCUT2D eigenvalue weighted by molar-refractivity contribution is 5.83. The fraction of sp³-hybridized carbons (Fsp3) is 0.368. The lowest BCUT2D eigenvalue weighted by Gasteiger charge is -2.15. The van der Waals surface area contributed by atoms with Crippen molar-refractivity contribution >= 4 is 11.7 Å². The third-order valence-electron chi connectivity index (χ3n) is 3.98. The van der Waals surface area contributed by atoms with Gasteiger partial charge in [-0.25, -0.2) is 4.98 Å². The lowest BCUT2D eigenvalue weighted by molar-refractivity contribution is -0.137. The van der Waals surface area contributed by atoms with Crippen molar-refractivity contribution in [1.29, 1.82) is 0 Å². The zero-order chi connectivity index (χ0) is 19.0. The first-order valence-electron chi connectivity index (χ1n) is 8.51. The second-order valence-electron chi connectivity index (χ2n) is 5.87. The van der Waals surface area contributed by atoms with E-state index in [1.54, 1.807) is 0 Å². The highest BCUT2D eigenvalue weighted by Gasteiger charge is 2.30. The molecule has 1 atom stereocenters. The third-order valence-corrected chi connectivity index (χ3v) is 3.98. The second kappa shape index (κ2) is 9.22. The van der Waals surface area contributed by atoms with Crippen LogP contribution in [0.4, 0.5) is 19.0 Å². The first kappa shape index (κ1) is 19.8. The molecular formula is C19H22F3N3O. The smallest absolute Gasteiger partial charge is 0.370 e. The van der Waals surface area contributed by atoms with Crippen LogP contribution in [-0.4, -0.2) is 24.0 Å². The number of amides is 1. The molecule has 0 aliphatic heterocycles. The number of alkyl halides is 3. The maximum Gasteiger partial charge on any atom is 0.417 e. The fourth-order valence-electron chi connectivity index (χ4n) is 2.56. The Hall–Kier alpha value is -2.57. The molecule has 0 spiro atoms. The van der Waals surface area contributed by atoms with Crippen LogP contribution < -0.4 is 10.6 Å². The molecule has 7 heteroatoms. The summed E-state index contributed by atoms with van der Waals surface area (Å²) in [6.45, 7) is 2.95. The summed E-state index contributed by atoms with van der Waals surface area (Å²) in [7, 11) is 0. The Morgan fingerprint density at radius 3 is 2.42 bits per heavy atom. The molecule has 0 unspecified atom stereocenters. The molecule has 0 fully saturated rings. The number of carbonyl (C=O) groups excluding carboxylic acids is 1. The molecule has 0 saturated carbocycles. The van der Waals surface area contributed by atoms with Gasteiger partial charge in [-0.05, 0) is 30.5 Å². The average molecular weight is 365 g/mol. The Labute approximate surface area is 150 Å². The van der Waals surface area contributed by atoms with Gasteiger partial charge < -0.3 is 10.6 Å². The molecule has 140 valence electrons. The van der Waals surface area contributed by atoms with Crippen molar-refractivity contribution in [2.24, 2.45) is 0 Å². The monoisotopic (exact) mass is 365 g/mol. The highest BCUT2D eigenvalue weighted by atomic mass is 19.4. The van der Waals surface area contributed by atoms with Crippen LogP contribution in [-0.2, 0) is 11.0 Å². The molecule has 1 aromatic heterocycles. The molecule has 2 rings (SSSR count). The van der Waals surface area contributed by atoms with Gasteiger partial charge in [-0.2, -0.15) is 13.2 Å². The number of nitrogens with zero attached hydrogens (tertiary/aromatic N) is 1. The van der Waals surface area contributed by atoms with E-state index >= 15 is 0 Å². The Kier molecular flexibility index (Phi) is 7.00. The van der Waals surface area contributed by atoms with Crippen LogP contribution >= 0.6 is 0 Å². The van der Waals surface area contributed by atoms with E-state index in [0.29, 0.717) is 31.7 Å². The molecule has 1 amide bonds. The molecule has 0 bridgehead atoms. The van der Waals surface area contributed by atoms with E-state index in [0.717, 1.165) is 17.8 Å². The van der Waals surface area contributed by atoms with E-state index in [4.69, 9.17) is 0 Å². The molecule has 0 saturated heterocycles. The number of halogens is 3. The predicted octanol–water partition coefficient (Wildman–Crippen LogP) is 4.21.